The smallest absolute Gasteiger partial charge is 0.00460 e. The van der Waals surface area contributed by atoms with Crippen LogP contribution >= 0.6 is 0 Å². The van der Waals surface area contributed by atoms with Crippen molar-refractivity contribution in [3.8, 4) is 0 Å². The number of rotatable bonds is 5. The summed E-state index contributed by atoms with van der Waals surface area (Å²) in [5.74, 6) is 0.670. The zero-order chi connectivity index (χ0) is 7.11. The van der Waals surface area contributed by atoms with Gasteiger partial charge in [-0.15, -0.1) is 0 Å². The van der Waals surface area contributed by atoms with Crippen LogP contribution in [0.1, 0.15) is 20.3 Å². The molecule has 2 heteroatoms. The van der Waals surface area contributed by atoms with Crippen LogP contribution in [-0.2, 0) is 0 Å². The zero-order valence-electron chi connectivity index (χ0n) is 6.48. The molecular formula is C7H18N2. The standard InChI is InChI=1S/C7H18N2/c1-3-9-5-4-7(2)6-8/h7,9H,3-6,8H2,1-2H3. The molecule has 1 atom stereocenters. The van der Waals surface area contributed by atoms with Gasteiger partial charge in [0.05, 0.1) is 0 Å². The Hall–Kier alpha value is -0.0800. The lowest BCUT2D eigenvalue weighted by Crippen LogP contribution is -2.20. The van der Waals surface area contributed by atoms with Gasteiger partial charge in [0.1, 0.15) is 0 Å². The Labute approximate surface area is 57.8 Å². The Morgan fingerprint density at radius 1 is 1.56 bits per heavy atom. The van der Waals surface area contributed by atoms with E-state index in [2.05, 4.69) is 19.2 Å². The Morgan fingerprint density at radius 3 is 2.67 bits per heavy atom. The summed E-state index contributed by atoms with van der Waals surface area (Å²) in [6, 6.07) is 0. The first-order chi connectivity index (χ1) is 4.31. The molecule has 0 aromatic carbocycles. The van der Waals surface area contributed by atoms with Crippen LogP contribution in [-0.4, -0.2) is 19.6 Å². The van der Waals surface area contributed by atoms with Gasteiger partial charge in [0.15, 0.2) is 0 Å². The van der Waals surface area contributed by atoms with E-state index in [9.17, 15) is 0 Å². The third kappa shape index (κ3) is 5.80. The molecule has 0 heterocycles. The van der Waals surface area contributed by atoms with Crippen LogP contribution in [0.5, 0.6) is 0 Å². The second-order valence-corrected chi connectivity index (χ2v) is 2.48. The first-order valence-corrected chi connectivity index (χ1v) is 3.72. The molecule has 0 fully saturated rings. The first kappa shape index (κ1) is 8.92. The third-order valence-electron chi connectivity index (χ3n) is 1.47. The highest BCUT2D eigenvalue weighted by Gasteiger charge is 1.95. The molecule has 0 rings (SSSR count). The quantitative estimate of drug-likeness (QED) is 0.534. The number of hydrogen-bond acceptors (Lipinski definition) is 2. The van der Waals surface area contributed by atoms with Crippen LogP contribution in [0.25, 0.3) is 0 Å². The monoisotopic (exact) mass is 130 g/mol. The lowest BCUT2D eigenvalue weighted by atomic mass is 10.1. The van der Waals surface area contributed by atoms with Crippen molar-refractivity contribution < 1.29 is 0 Å². The normalized spacial score (nSPS) is 13.7. The molecule has 0 amide bonds. The molecule has 56 valence electrons. The SMILES string of the molecule is CCNCCC(C)CN. The van der Waals surface area contributed by atoms with E-state index in [1.54, 1.807) is 0 Å². The van der Waals surface area contributed by atoms with Crippen molar-refractivity contribution in [3.05, 3.63) is 0 Å². The predicted molar refractivity (Wildman–Crippen MR) is 41.4 cm³/mol. The molecule has 0 aliphatic carbocycles. The van der Waals surface area contributed by atoms with Crippen molar-refractivity contribution in [2.45, 2.75) is 20.3 Å². The van der Waals surface area contributed by atoms with Gasteiger partial charge in [-0.3, -0.25) is 0 Å². The fraction of sp³-hybridized carbons (Fsp3) is 1.00. The van der Waals surface area contributed by atoms with E-state index in [0.717, 1.165) is 19.6 Å². The lowest BCUT2D eigenvalue weighted by Gasteiger charge is -2.06. The zero-order valence-corrected chi connectivity index (χ0v) is 6.48. The summed E-state index contributed by atoms with van der Waals surface area (Å²) in [5.41, 5.74) is 5.43. The van der Waals surface area contributed by atoms with E-state index in [4.69, 9.17) is 5.73 Å². The highest BCUT2D eigenvalue weighted by atomic mass is 14.8. The fourth-order valence-corrected chi connectivity index (χ4v) is 0.643. The molecule has 0 radical (unpaired) electrons. The van der Waals surface area contributed by atoms with E-state index in [1.807, 2.05) is 0 Å². The molecule has 9 heavy (non-hydrogen) atoms. The van der Waals surface area contributed by atoms with Crippen LogP contribution in [0.4, 0.5) is 0 Å². The maximum atomic E-state index is 5.43. The van der Waals surface area contributed by atoms with Crippen molar-refractivity contribution in [3.63, 3.8) is 0 Å². The Bertz CT molecular complexity index is 54.9. The maximum Gasteiger partial charge on any atom is -0.00460 e. The lowest BCUT2D eigenvalue weighted by molar-refractivity contribution is 0.516. The van der Waals surface area contributed by atoms with Gasteiger partial charge in [-0.2, -0.15) is 0 Å². The average Bonchev–Trinajstić information content (AvgIpc) is 1.89. The molecule has 0 aromatic rings. The van der Waals surface area contributed by atoms with Gasteiger partial charge in [-0.25, -0.2) is 0 Å². The van der Waals surface area contributed by atoms with Crippen molar-refractivity contribution >= 4 is 0 Å². The van der Waals surface area contributed by atoms with Gasteiger partial charge in [-0.05, 0) is 32.0 Å². The number of hydrogen-bond donors (Lipinski definition) is 2. The molecule has 1 unspecified atom stereocenters. The summed E-state index contributed by atoms with van der Waals surface area (Å²) < 4.78 is 0. The summed E-state index contributed by atoms with van der Waals surface area (Å²) in [5, 5.41) is 3.26. The second-order valence-electron chi connectivity index (χ2n) is 2.48. The highest BCUT2D eigenvalue weighted by Crippen LogP contribution is 1.95. The number of nitrogens with two attached hydrogens (primary N) is 1. The van der Waals surface area contributed by atoms with Crippen molar-refractivity contribution in [1.29, 1.82) is 0 Å². The van der Waals surface area contributed by atoms with E-state index < -0.39 is 0 Å². The second kappa shape index (κ2) is 6.05. The van der Waals surface area contributed by atoms with Crippen LogP contribution < -0.4 is 11.1 Å². The van der Waals surface area contributed by atoms with Gasteiger partial charge in [0.25, 0.3) is 0 Å². The molecule has 0 spiro atoms. The van der Waals surface area contributed by atoms with Crippen LogP contribution in [0, 0.1) is 5.92 Å². The summed E-state index contributed by atoms with van der Waals surface area (Å²) in [6.45, 7) is 7.28. The van der Waals surface area contributed by atoms with Crippen LogP contribution in [0.15, 0.2) is 0 Å². The molecule has 0 aromatic heterocycles. The summed E-state index contributed by atoms with van der Waals surface area (Å²) >= 11 is 0. The van der Waals surface area contributed by atoms with Gasteiger partial charge < -0.3 is 11.1 Å². The highest BCUT2D eigenvalue weighted by molar-refractivity contribution is 4.54. The summed E-state index contributed by atoms with van der Waals surface area (Å²) in [4.78, 5) is 0. The van der Waals surface area contributed by atoms with Gasteiger partial charge in [0, 0.05) is 0 Å². The van der Waals surface area contributed by atoms with E-state index in [-0.39, 0.29) is 0 Å². The van der Waals surface area contributed by atoms with Crippen LogP contribution in [0.2, 0.25) is 0 Å². The van der Waals surface area contributed by atoms with Gasteiger partial charge in [0.2, 0.25) is 0 Å². The Balaban J connectivity index is 2.88. The summed E-state index contributed by atoms with van der Waals surface area (Å²) in [7, 11) is 0. The molecule has 0 saturated carbocycles. The van der Waals surface area contributed by atoms with Crippen molar-refractivity contribution in [1.82, 2.24) is 5.32 Å². The minimum Gasteiger partial charge on any atom is -0.330 e. The molecular weight excluding hydrogens is 112 g/mol. The predicted octanol–water partition coefficient (Wildman–Crippen LogP) is 0.581. The molecule has 0 saturated heterocycles. The summed E-state index contributed by atoms with van der Waals surface area (Å²) in [6.07, 6.45) is 1.20. The topological polar surface area (TPSA) is 38.0 Å². The average molecular weight is 130 g/mol. The van der Waals surface area contributed by atoms with Gasteiger partial charge in [-0.1, -0.05) is 13.8 Å². The number of nitrogens with one attached hydrogen (secondary N) is 1. The van der Waals surface area contributed by atoms with Crippen molar-refractivity contribution in [2.75, 3.05) is 19.6 Å². The molecule has 0 aliphatic rings. The Kier molecular flexibility index (Phi) is 5.99. The van der Waals surface area contributed by atoms with Gasteiger partial charge >= 0.3 is 0 Å². The largest absolute Gasteiger partial charge is 0.330 e. The fourth-order valence-electron chi connectivity index (χ4n) is 0.643. The minimum absolute atomic E-state index is 0.670. The van der Waals surface area contributed by atoms with E-state index in [1.165, 1.54) is 6.42 Å². The van der Waals surface area contributed by atoms with E-state index in [0.29, 0.717) is 5.92 Å². The van der Waals surface area contributed by atoms with E-state index >= 15 is 0 Å². The molecule has 3 N–H and O–H groups in total. The minimum atomic E-state index is 0.670. The molecule has 0 aliphatic heterocycles. The van der Waals surface area contributed by atoms with Crippen molar-refractivity contribution in [2.24, 2.45) is 11.7 Å². The Morgan fingerprint density at radius 2 is 2.22 bits per heavy atom. The maximum absolute atomic E-state index is 5.43. The first-order valence-electron chi connectivity index (χ1n) is 3.72. The van der Waals surface area contributed by atoms with Crippen LogP contribution in [0.3, 0.4) is 0 Å². The molecule has 2 nitrogen and oxygen atoms in total. The molecule has 0 bridgehead atoms. The third-order valence-corrected chi connectivity index (χ3v) is 1.47.